The van der Waals surface area contributed by atoms with Crippen LogP contribution in [0.15, 0.2) is 18.2 Å². The van der Waals surface area contributed by atoms with Crippen LogP contribution in [0.4, 0.5) is 5.69 Å². The lowest BCUT2D eigenvalue weighted by atomic mass is 10.1. The van der Waals surface area contributed by atoms with Crippen LogP contribution in [0.1, 0.15) is 17.3 Å². The molecule has 1 aromatic rings. The lowest BCUT2D eigenvalue weighted by Crippen LogP contribution is -2.41. The Morgan fingerprint density at radius 1 is 1.56 bits per heavy atom. The van der Waals surface area contributed by atoms with Crippen molar-refractivity contribution in [2.24, 2.45) is 0 Å². The molecule has 0 aromatic heterocycles. The van der Waals surface area contributed by atoms with Gasteiger partial charge >= 0.3 is 5.97 Å². The van der Waals surface area contributed by atoms with Gasteiger partial charge in [0.1, 0.15) is 11.9 Å². The van der Waals surface area contributed by atoms with E-state index in [-0.39, 0.29) is 24.3 Å². The molecule has 0 bridgehead atoms. The minimum Gasteiger partial charge on any atom is -0.484 e. The van der Waals surface area contributed by atoms with E-state index in [0.717, 1.165) is 5.69 Å². The lowest BCUT2D eigenvalue weighted by molar-refractivity contribution is 0.0694. The Balaban J connectivity index is 2.33. The third-order valence-corrected chi connectivity index (χ3v) is 2.63. The molecule has 1 aliphatic heterocycles. The minimum absolute atomic E-state index is 0.00632. The zero-order valence-corrected chi connectivity index (χ0v) is 8.80. The Hall–Kier alpha value is -1.75. The van der Waals surface area contributed by atoms with E-state index in [1.165, 1.54) is 12.1 Å². The first kappa shape index (κ1) is 10.8. The van der Waals surface area contributed by atoms with Crippen LogP contribution in [-0.2, 0) is 0 Å². The first-order valence-corrected chi connectivity index (χ1v) is 5.03. The van der Waals surface area contributed by atoms with Crippen molar-refractivity contribution in [2.45, 2.75) is 19.1 Å². The largest absolute Gasteiger partial charge is 0.484 e. The summed E-state index contributed by atoms with van der Waals surface area (Å²) in [5.41, 5.74) is 0.925. The number of anilines is 1. The molecule has 16 heavy (non-hydrogen) atoms. The summed E-state index contributed by atoms with van der Waals surface area (Å²) in [4.78, 5) is 10.8. The third kappa shape index (κ3) is 1.81. The SMILES string of the molecule is CC1Nc2ccc(C(=O)O)cc2OC1CO. The van der Waals surface area contributed by atoms with E-state index in [0.29, 0.717) is 5.75 Å². The maximum absolute atomic E-state index is 10.8. The van der Waals surface area contributed by atoms with Gasteiger partial charge in [-0.15, -0.1) is 0 Å². The van der Waals surface area contributed by atoms with Gasteiger partial charge in [-0.1, -0.05) is 0 Å². The smallest absolute Gasteiger partial charge is 0.335 e. The summed E-state index contributed by atoms with van der Waals surface area (Å²) < 4.78 is 5.51. The van der Waals surface area contributed by atoms with E-state index in [2.05, 4.69) is 5.32 Å². The molecule has 0 amide bonds. The third-order valence-electron chi connectivity index (χ3n) is 2.63. The Kier molecular flexibility index (Phi) is 2.70. The second kappa shape index (κ2) is 4.02. The highest BCUT2D eigenvalue weighted by molar-refractivity contribution is 5.89. The fourth-order valence-corrected chi connectivity index (χ4v) is 1.67. The van der Waals surface area contributed by atoms with Gasteiger partial charge in [0, 0.05) is 0 Å². The number of benzene rings is 1. The molecule has 5 heteroatoms. The summed E-state index contributed by atoms with van der Waals surface area (Å²) in [6.07, 6.45) is -0.350. The van der Waals surface area contributed by atoms with E-state index < -0.39 is 5.97 Å². The zero-order chi connectivity index (χ0) is 11.7. The molecule has 0 fully saturated rings. The minimum atomic E-state index is -0.995. The van der Waals surface area contributed by atoms with Crippen LogP contribution in [0.3, 0.4) is 0 Å². The molecule has 2 unspecified atom stereocenters. The molecule has 86 valence electrons. The van der Waals surface area contributed by atoms with Crippen molar-refractivity contribution in [2.75, 3.05) is 11.9 Å². The molecular weight excluding hydrogens is 210 g/mol. The summed E-state index contributed by atoms with van der Waals surface area (Å²) in [5, 5.41) is 21.1. The fourth-order valence-electron chi connectivity index (χ4n) is 1.67. The number of aromatic carboxylic acids is 1. The summed E-state index contributed by atoms with van der Waals surface area (Å²) in [6, 6.07) is 4.64. The van der Waals surface area contributed by atoms with Gasteiger partial charge in [-0.2, -0.15) is 0 Å². The summed E-state index contributed by atoms with van der Waals surface area (Å²) in [6.45, 7) is 1.79. The number of hydrogen-bond acceptors (Lipinski definition) is 4. The number of nitrogens with one attached hydrogen (secondary N) is 1. The highest BCUT2D eigenvalue weighted by Crippen LogP contribution is 2.32. The quantitative estimate of drug-likeness (QED) is 0.695. The van der Waals surface area contributed by atoms with Gasteiger partial charge in [0.25, 0.3) is 0 Å². The molecule has 0 aliphatic carbocycles. The number of aliphatic hydroxyl groups is 1. The number of carboxylic acid groups (broad SMARTS) is 1. The number of carbonyl (C=O) groups is 1. The highest BCUT2D eigenvalue weighted by atomic mass is 16.5. The highest BCUT2D eigenvalue weighted by Gasteiger charge is 2.25. The Morgan fingerprint density at radius 3 is 2.94 bits per heavy atom. The van der Waals surface area contributed by atoms with Crippen molar-refractivity contribution in [1.82, 2.24) is 0 Å². The standard InChI is InChI=1S/C11H13NO4/c1-6-10(5-13)16-9-4-7(11(14)15)2-3-8(9)12-6/h2-4,6,10,12-13H,5H2,1H3,(H,14,15). The second-order valence-corrected chi connectivity index (χ2v) is 3.79. The normalized spacial score (nSPS) is 22.9. The van der Waals surface area contributed by atoms with Crippen molar-refractivity contribution < 1.29 is 19.7 Å². The molecule has 2 atom stereocenters. The molecule has 2 rings (SSSR count). The van der Waals surface area contributed by atoms with E-state index in [1.54, 1.807) is 6.07 Å². The van der Waals surface area contributed by atoms with Crippen LogP contribution in [0.5, 0.6) is 5.75 Å². The Morgan fingerprint density at radius 2 is 2.31 bits per heavy atom. The average molecular weight is 223 g/mol. The fraction of sp³-hybridized carbons (Fsp3) is 0.364. The molecular formula is C11H13NO4. The van der Waals surface area contributed by atoms with Gasteiger partial charge in [0.05, 0.1) is 23.9 Å². The molecule has 3 N–H and O–H groups in total. The maximum atomic E-state index is 10.8. The predicted molar refractivity (Wildman–Crippen MR) is 58.0 cm³/mol. The monoisotopic (exact) mass is 223 g/mol. The van der Waals surface area contributed by atoms with Crippen molar-refractivity contribution >= 4 is 11.7 Å². The maximum Gasteiger partial charge on any atom is 0.335 e. The van der Waals surface area contributed by atoms with E-state index in [1.807, 2.05) is 6.92 Å². The van der Waals surface area contributed by atoms with E-state index in [9.17, 15) is 4.79 Å². The molecule has 1 aliphatic rings. The number of fused-ring (bicyclic) bond motifs is 1. The summed E-state index contributed by atoms with van der Waals surface area (Å²) in [7, 11) is 0. The molecule has 0 saturated carbocycles. The average Bonchev–Trinajstić information content (AvgIpc) is 2.27. The van der Waals surface area contributed by atoms with Crippen molar-refractivity contribution in [3.05, 3.63) is 23.8 Å². The van der Waals surface area contributed by atoms with Gasteiger partial charge in [0.15, 0.2) is 0 Å². The van der Waals surface area contributed by atoms with Crippen LogP contribution in [-0.4, -0.2) is 34.9 Å². The summed E-state index contributed by atoms with van der Waals surface area (Å²) in [5.74, 6) is -0.525. The molecule has 5 nitrogen and oxygen atoms in total. The number of ether oxygens (including phenoxy) is 1. The number of rotatable bonds is 2. The van der Waals surface area contributed by atoms with Gasteiger partial charge in [0.2, 0.25) is 0 Å². The Bertz CT molecular complexity index is 418. The second-order valence-electron chi connectivity index (χ2n) is 3.79. The summed E-state index contributed by atoms with van der Waals surface area (Å²) >= 11 is 0. The topological polar surface area (TPSA) is 78.8 Å². The van der Waals surface area contributed by atoms with E-state index in [4.69, 9.17) is 14.9 Å². The van der Waals surface area contributed by atoms with Crippen LogP contribution in [0, 0.1) is 0 Å². The molecule has 0 saturated heterocycles. The van der Waals surface area contributed by atoms with Gasteiger partial charge in [-0.3, -0.25) is 0 Å². The lowest BCUT2D eigenvalue weighted by Gasteiger charge is -2.32. The zero-order valence-electron chi connectivity index (χ0n) is 8.80. The van der Waals surface area contributed by atoms with Crippen molar-refractivity contribution in [3.8, 4) is 5.75 Å². The molecule has 1 aromatic carbocycles. The molecule has 0 spiro atoms. The number of carboxylic acids is 1. The molecule has 0 radical (unpaired) electrons. The van der Waals surface area contributed by atoms with Crippen LogP contribution < -0.4 is 10.1 Å². The molecule has 1 heterocycles. The number of hydrogen-bond donors (Lipinski definition) is 3. The predicted octanol–water partition coefficient (Wildman–Crippen LogP) is 0.938. The van der Waals surface area contributed by atoms with Crippen LogP contribution >= 0.6 is 0 Å². The van der Waals surface area contributed by atoms with Gasteiger partial charge < -0.3 is 20.3 Å². The van der Waals surface area contributed by atoms with Crippen molar-refractivity contribution in [1.29, 1.82) is 0 Å². The van der Waals surface area contributed by atoms with Crippen molar-refractivity contribution in [3.63, 3.8) is 0 Å². The van der Waals surface area contributed by atoms with Crippen LogP contribution in [0.25, 0.3) is 0 Å². The van der Waals surface area contributed by atoms with Crippen LogP contribution in [0.2, 0.25) is 0 Å². The number of aliphatic hydroxyl groups excluding tert-OH is 1. The van der Waals surface area contributed by atoms with E-state index >= 15 is 0 Å². The van der Waals surface area contributed by atoms with Gasteiger partial charge in [-0.05, 0) is 25.1 Å². The van der Waals surface area contributed by atoms with Gasteiger partial charge in [-0.25, -0.2) is 4.79 Å². The first-order valence-electron chi connectivity index (χ1n) is 5.03. The Labute approximate surface area is 92.7 Å². The first-order chi connectivity index (χ1) is 7.61.